The minimum Gasteiger partial charge on any atom is -0.467 e. The maximum Gasteiger partial charge on any atom is 0.330 e. The van der Waals surface area contributed by atoms with Crippen LogP contribution < -0.4 is 5.32 Å². The Morgan fingerprint density at radius 2 is 1.86 bits per heavy atom. The molecule has 6 nitrogen and oxygen atoms in total. The lowest BCUT2D eigenvalue weighted by molar-refractivity contribution is -0.145. The molecule has 0 radical (unpaired) electrons. The van der Waals surface area contributed by atoms with Gasteiger partial charge in [0.1, 0.15) is 6.04 Å². The van der Waals surface area contributed by atoms with Gasteiger partial charge in [-0.25, -0.2) is 9.59 Å². The summed E-state index contributed by atoms with van der Waals surface area (Å²) in [6, 6.07) is -0.773. The fourth-order valence-corrected chi connectivity index (χ4v) is 2.45. The predicted octanol–water partition coefficient (Wildman–Crippen LogP) is 1.34. The van der Waals surface area contributed by atoms with Gasteiger partial charge in [0.15, 0.2) is 0 Å². The molecule has 0 saturated heterocycles. The van der Waals surface area contributed by atoms with Gasteiger partial charge in [0, 0.05) is 12.5 Å². The van der Waals surface area contributed by atoms with E-state index in [1.165, 1.54) is 39.2 Å². The number of methoxy groups -OCH3 is 2. The molecule has 1 atom stereocenters. The van der Waals surface area contributed by atoms with Gasteiger partial charge in [-0.05, 0) is 25.2 Å². The quantitative estimate of drug-likeness (QED) is 0.566. The Hall–Kier alpha value is -1.85. The molecule has 6 heteroatoms. The highest BCUT2D eigenvalue weighted by molar-refractivity contribution is 5.85. The van der Waals surface area contributed by atoms with Crippen LogP contribution in [0.4, 0.5) is 0 Å². The minimum absolute atomic E-state index is 0.149. The van der Waals surface area contributed by atoms with E-state index in [-0.39, 0.29) is 12.3 Å². The van der Waals surface area contributed by atoms with Crippen LogP contribution in [0.5, 0.6) is 0 Å². The summed E-state index contributed by atoms with van der Waals surface area (Å²) in [7, 11) is 2.54. The summed E-state index contributed by atoms with van der Waals surface area (Å²) < 4.78 is 9.12. The summed E-state index contributed by atoms with van der Waals surface area (Å²) in [6.45, 7) is 0. The first kappa shape index (κ1) is 17.2. The van der Waals surface area contributed by atoms with Gasteiger partial charge in [-0.2, -0.15) is 0 Å². The molecular formula is C15H23NO5. The summed E-state index contributed by atoms with van der Waals surface area (Å²) >= 11 is 0. The van der Waals surface area contributed by atoms with E-state index in [1.54, 1.807) is 0 Å². The Kier molecular flexibility index (Phi) is 7.50. The van der Waals surface area contributed by atoms with E-state index < -0.39 is 18.0 Å². The zero-order chi connectivity index (χ0) is 15.7. The van der Waals surface area contributed by atoms with Gasteiger partial charge < -0.3 is 14.8 Å². The van der Waals surface area contributed by atoms with Gasteiger partial charge in [-0.15, -0.1) is 0 Å². The van der Waals surface area contributed by atoms with Crippen LogP contribution in [0.3, 0.4) is 0 Å². The van der Waals surface area contributed by atoms with Gasteiger partial charge in [0.25, 0.3) is 0 Å². The number of hydrogen-bond donors (Lipinski definition) is 1. The molecule has 0 heterocycles. The molecule has 1 rings (SSSR count). The van der Waals surface area contributed by atoms with Gasteiger partial charge in [0.2, 0.25) is 5.91 Å². The highest BCUT2D eigenvalue weighted by Gasteiger charge is 2.23. The number of rotatable bonds is 7. The third-order valence-corrected chi connectivity index (χ3v) is 3.60. The molecule has 0 bridgehead atoms. The molecule has 1 amide bonds. The Morgan fingerprint density at radius 3 is 2.43 bits per heavy atom. The Bertz CT molecular complexity index is 399. The SMILES string of the molecule is COC(=O)/C=C/C[C@H](NC(=O)CC1CCCC1)C(=O)OC. The molecule has 0 aromatic rings. The van der Waals surface area contributed by atoms with E-state index in [0.717, 1.165) is 12.8 Å². The van der Waals surface area contributed by atoms with Crippen molar-refractivity contribution in [1.82, 2.24) is 5.32 Å². The highest BCUT2D eigenvalue weighted by Crippen LogP contribution is 2.27. The van der Waals surface area contributed by atoms with Crippen LogP contribution in [-0.4, -0.2) is 38.1 Å². The highest BCUT2D eigenvalue weighted by atomic mass is 16.5. The van der Waals surface area contributed by atoms with Crippen LogP contribution in [0.2, 0.25) is 0 Å². The van der Waals surface area contributed by atoms with Crippen molar-refractivity contribution < 1.29 is 23.9 Å². The molecular weight excluding hydrogens is 274 g/mol. The first-order valence-electron chi connectivity index (χ1n) is 7.18. The second-order valence-electron chi connectivity index (χ2n) is 5.16. The summed E-state index contributed by atoms with van der Waals surface area (Å²) in [5, 5.41) is 2.67. The number of esters is 2. The van der Waals surface area contributed by atoms with Gasteiger partial charge in [-0.1, -0.05) is 18.9 Å². The molecule has 0 aromatic carbocycles. The van der Waals surface area contributed by atoms with Crippen molar-refractivity contribution in [3.63, 3.8) is 0 Å². The van der Waals surface area contributed by atoms with E-state index in [9.17, 15) is 14.4 Å². The van der Waals surface area contributed by atoms with Crippen molar-refractivity contribution in [2.75, 3.05) is 14.2 Å². The molecule has 1 aliphatic carbocycles. The van der Waals surface area contributed by atoms with Crippen LogP contribution in [0.1, 0.15) is 38.5 Å². The smallest absolute Gasteiger partial charge is 0.330 e. The van der Waals surface area contributed by atoms with Crippen molar-refractivity contribution in [1.29, 1.82) is 0 Å². The maximum atomic E-state index is 11.9. The molecule has 0 aromatic heterocycles. The largest absolute Gasteiger partial charge is 0.467 e. The number of hydrogen-bond acceptors (Lipinski definition) is 5. The lowest BCUT2D eigenvalue weighted by Crippen LogP contribution is -2.41. The van der Waals surface area contributed by atoms with Gasteiger partial charge >= 0.3 is 11.9 Å². The second kappa shape index (κ2) is 9.15. The molecule has 0 unspecified atom stereocenters. The van der Waals surface area contributed by atoms with E-state index in [2.05, 4.69) is 14.8 Å². The standard InChI is InChI=1S/C15H23NO5/c1-20-14(18)9-5-8-12(15(19)21-2)16-13(17)10-11-6-3-4-7-11/h5,9,11-12H,3-4,6-8,10H2,1-2H3,(H,16,17)/b9-5+/t12-/m0/s1. The van der Waals surface area contributed by atoms with Crippen molar-refractivity contribution in [2.45, 2.75) is 44.6 Å². The first-order valence-corrected chi connectivity index (χ1v) is 7.18. The monoisotopic (exact) mass is 297 g/mol. The third kappa shape index (κ3) is 6.42. The summed E-state index contributed by atoms with van der Waals surface area (Å²) in [4.78, 5) is 34.6. The van der Waals surface area contributed by atoms with Gasteiger partial charge in [-0.3, -0.25) is 4.79 Å². The van der Waals surface area contributed by atoms with Gasteiger partial charge in [0.05, 0.1) is 14.2 Å². The number of carbonyl (C=O) groups excluding carboxylic acids is 3. The molecule has 0 spiro atoms. The zero-order valence-corrected chi connectivity index (χ0v) is 12.6. The summed E-state index contributed by atoms with van der Waals surface area (Å²) in [5.41, 5.74) is 0. The molecule has 1 N–H and O–H groups in total. The minimum atomic E-state index is -0.773. The van der Waals surface area contributed by atoms with Crippen LogP contribution in [0, 0.1) is 5.92 Å². The van der Waals surface area contributed by atoms with Crippen LogP contribution in [-0.2, 0) is 23.9 Å². The molecule has 1 fully saturated rings. The number of carbonyl (C=O) groups is 3. The molecule has 21 heavy (non-hydrogen) atoms. The fraction of sp³-hybridized carbons (Fsp3) is 0.667. The third-order valence-electron chi connectivity index (χ3n) is 3.60. The molecule has 118 valence electrons. The average Bonchev–Trinajstić information content (AvgIpc) is 2.97. The average molecular weight is 297 g/mol. The van der Waals surface area contributed by atoms with E-state index in [0.29, 0.717) is 12.3 Å². The van der Waals surface area contributed by atoms with Crippen LogP contribution in [0.25, 0.3) is 0 Å². The number of amides is 1. The number of ether oxygens (including phenoxy) is 2. The number of nitrogens with one attached hydrogen (secondary N) is 1. The maximum absolute atomic E-state index is 11.9. The Balaban J connectivity index is 2.48. The predicted molar refractivity (Wildman–Crippen MR) is 76.3 cm³/mol. The second-order valence-corrected chi connectivity index (χ2v) is 5.16. The molecule has 0 aliphatic heterocycles. The van der Waals surface area contributed by atoms with Crippen molar-refractivity contribution in [3.05, 3.63) is 12.2 Å². The van der Waals surface area contributed by atoms with Crippen molar-refractivity contribution in [2.24, 2.45) is 5.92 Å². The fourth-order valence-electron chi connectivity index (χ4n) is 2.45. The topological polar surface area (TPSA) is 81.7 Å². The summed E-state index contributed by atoms with van der Waals surface area (Å²) in [6.07, 6.45) is 7.81. The molecule has 1 saturated carbocycles. The zero-order valence-electron chi connectivity index (χ0n) is 12.6. The van der Waals surface area contributed by atoms with E-state index in [1.807, 2.05) is 0 Å². The lowest BCUT2D eigenvalue weighted by Gasteiger charge is -2.16. The van der Waals surface area contributed by atoms with Crippen molar-refractivity contribution in [3.8, 4) is 0 Å². The lowest BCUT2D eigenvalue weighted by atomic mass is 10.0. The van der Waals surface area contributed by atoms with E-state index >= 15 is 0 Å². The summed E-state index contributed by atoms with van der Waals surface area (Å²) in [5.74, 6) is -0.766. The van der Waals surface area contributed by atoms with Crippen LogP contribution >= 0.6 is 0 Å². The van der Waals surface area contributed by atoms with Crippen molar-refractivity contribution >= 4 is 17.8 Å². The van der Waals surface area contributed by atoms with E-state index in [4.69, 9.17) is 0 Å². The normalized spacial score (nSPS) is 16.7. The Morgan fingerprint density at radius 1 is 1.19 bits per heavy atom. The van der Waals surface area contributed by atoms with Crippen LogP contribution in [0.15, 0.2) is 12.2 Å². The Labute approximate surface area is 124 Å². The first-order chi connectivity index (χ1) is 10.1. The molecule has 1 aliphatic rings.